The molecule has 0 fully saturated rings. The van der Waals surface area contributed by atoms with Crippen LogP contribution in [0.2, 0.25) is 0 Å². The molecule has 0 saturated heterocycles. The first-order valence-corrected chi connectivity index (χ1v) is 5.07. The van der Waals surface area contributed by atoms with Gasteiger partial charge in [0.1, 0.15) is 6.54 Å². The summed E-state index contributed by atoms with van der Waals surface area (Å²) in [6, 6.07) is 4.57. The van der Waals surface area contributed by atoms with Crippen LogP contribution in [0.1, 0.15) is 11.1 Å². The SMILES string of the molecule is Cc1ccc2c(c1)CN(CC(F)(F)F)C(=O)N2. The third-order valence-electron chi connectivity index (χ3n) is 2.52. The maximum Gasteiger partial charge on any atom is 0.406 e. The zero-order valence-electron chi connectivity index (χ0n) is 9.14. The summed E-state index contributed by atoms with van der Waals surface area (Å²) < 4.78 is 36.7. The van der Waals surface area contributed by atoms with Gasteiger partial charge in [0.15, 0.2) is 0 Å². The normalized spacial score (nSPS) is 15.5. The number of nitrogens with one attached hydrogen (secondary N) is 1. The minimum atomic E-state index is -4.38. The molecule has 2 rings (SSSR count). The number of aryl methyl sites for hydroxylation is 1. The van der Waals surface area contributed by atoms with E-state index in [1.807, 2.05) is 6.92 Å². The van der Waals surface area contributed by atoms with Gasteiger partial charge in [-0.05, 0) is 18.6 Å². The Bertz CT molecular complexity index is 457. The second kappa shape index (κ2) is 3.94. The summed E-state index contributed by atoms with van der Waals surface area (Å²) >= 11 is 0. The predicted octanol–water partition coefficient (Wildman–Crippen LogP) is 2.90. The average molecular weight is 244 g/mol. The van der Waals surface area contributed by atoms with Crippen molar-refractivity contribution >= 4 is 11.7 Å². The topological polar surface area (TPSA) is 32.3 Å². The number of benzene rings is 1. The molecule has 0 spiro atoms. The molecule has 0 aliphatic carbocycles. The molecule has 0 unspecified atom stereocenters. The molecule has 1 heterocycles. The van der Waals surface area contributed by atoms with Crippen LogP contribution < -0.4 is 5.32 Å². The summed E-state index contributed by atoms with van der Waals surface area (Å²) in [7, 11) is 0. The van der Waals surface area contributed by atoms with Crippen LogP contribution in [-0.2, 0) is 6.54 Å². The van der Waals surface area contributed by atoms with Crippen LogP contribution in [0.3, 0.4) is 0 Å². The zero-order chi connectivity index (χ0) is 12.6. The highest BCUT2D eigenvalue weighted by Crippen LogP contribution is 2.26. The van der Waals surface area contributed by atoms with Gasteiger partial charge in [0.2, 0.25) is 0 Å². The van der Waals surface area contributed by atoms with E-state index in [1.165, 1.54) is 0 Å². The first-order chi connectivity index (χ1) is 7.85. The van der Waals surface area contributed by atoms with Gasteiger partial charge in [0.05, 0.1) is 0 Å². The number of hydrogen-bond donors (Lipinski definition) is 1. The Morgan fingerprint density at radius 3 is 2.76 bits per heavy atom. The Labute approximate surface area is 96.2 Å². The highest BCUT2D eigenvalue weighted by molar-refractivity contribution is 5.92. The Kier molecular flexibility index (Phi) is 2.73. The van der Waals surface area contributed by atoms with Crippen molar-refractivity contribution < 1.29 is 18.0 Å². The number of carbonyl (C=O) groups is 1. The summed E-state index contributed by atoms with van der Waals surface area (Å²) in [5.41, 5.74) is 2.24. The van der Waals surface area contributed by atoms with Gasteiger partial charge in [-0.2, -0.15) is 13.2 Å². The zero-order valence-corrected chi connectivity index (χ0v) is 9.14. The van der Waals surface area contributed by atoms with Crippen LogP contribution >= 0.6 is 0 Å². The molecule has 2 amide bonds. The molecule has 1 N–H and O–H groups in total. The summed E-state index contributed by atoms with van der Waals surface area (Å²) in [6.45, 7) is 0.610. The smallest absolute Gasteiger partial charge is 0.311 e. The lowest BCUT2D eigenvalue weighted by Crippen LogP contribution is -2.43. The minimum Gasteiger partial charge on any atom is -0.311 e. The molecule has 0 saturated carbocycles. The van der Waals surface area contributed by atoms with Crippen LogP contribution in [0.5, 0.6) is 0 Å². The van der Waals surface area contributed by atoms with Gasteiger partial charge in [-0.25, -0.2) is 4.79 Å². The van der Waals surface area contributed by atoms with Crippen molar-refractivity contribution in [3.63, 3.8) is 0 Å². The molecule has 0 aromatic heterocycles. The fourth-order valence-corrected chi connectivity index (χ4v) is 1.79. The molecule has 0 bridgehead atoms. The van der Waals surface area contributed by atoms with E-state index in [0.29, 0.717) is 11.3 Å². The Hall–Kier alpha value is -1.72. The van der Waals surface area contributed by atoms with E-state index in [1.54, 1.807) is 18.2 Å². The lowest BCUT2D eigenvalue weighted by atomic mass is 10.1. The number of fused-ring (bicyclic) bond motifs is 1. The lowest BCUT2D eigenvalue weighted by Gasteiger charge is -2.30. The Balaban J connectivity index is 2.22. The van der Waals surface area contributed by atoms with Gasteiger partial charge in [-0.3, -0.25) is 0 Å². The number of halogens is 3. The van der Waals surface area contributed by atoms with Crippen molar-refractivity contribution in [1.29, 1.82) is 0 Å². The lowest BCUT2D eigenvalue weighted by molar-refractivity contribution is -0.140. The molecule has 0 atom stereocenters. The number of hydrogen-bond acceptors (Lipinski definition) is 1. The van der Waals surface area contributed by atoms with E-state index in [-0.39, 0.29) is 6.54 Å². The Morgan fingerprint density at radius 1 is 1.41 bits per heavy atom. The van der Waals surface area contributed by atoms with Gasteiger partial charge in [-0.1, -0.05) is 17.7 Å². The van der Waals surface area contributed by atoms with E-state index < -0.39 is 18.8 Å². The molecule has 92 valence electrons. The second-order valence-electron chi connectivity index (χ2n) is 4.06. The van der Waals surface area contributed by atoms with Crippen molar-refractivity contribution in [2.24, 2.45) is 0 Å². The van der Waals surface area contributed by atoms with Crippen LogP contribution in [0, 0.1) is 6.92 Å². The first-order valence-electron chi connectivity index (χ1n) is 5.07. The molecular weight excluding hydrogens is 233 g/mol. The number of carbonyl (C=O) groups excluding carboxylic acids is 1. The van der Waals surface area contributed by atoms with E-state index in [9.17, 15) is 18.0 Å². The largest absolute Gasteiger partial charge is 0.406 e. The summed E-state index contributed by atoms with van der Waals surface area (Å²) in [4.78, 5) is 12.2. The maximum absolute atomic E-state index is 12.2. The monoisotopic (exact) mass is 244 g/mol. The standard InChI is InChI=1S/C11H11F3N2O/c1-7-2-3-9-8(4-7)5-16(10(17)15-9)6-11(12,13)14/h2-4H,5-6H2,1H3,(H,15,17). The molecule has 1 aliphatic heterocycles. The number of nitrogens with zero attached hydrogens (tertiary/aromatic N) is 1. The van der Waals surface area contributed by atoms with Crippen LogP contribution in [0.15, 0.2) is 18.2 Å². The highest BCUT2D eigenvalue weighted by atomic mass is 19.4. The fourth-order valence-electron chi connectivity index (χ4n) is 1.79. The summed E-state index contributed by atoms with van der Waals surface area (Å²) in [5.74, 6) is 0. The quantitative estimate of drug-likeness (QED) is 0.809. The minimum absolute atomic E-state index is 0.0116. The molecule has 1 aromatic rings. The number of urea groups is 1. The average Bonchev–Trinajstić information content (AvgIpc) is 2.17. The summed E-state index contributed by atoms with van der Waals surface area (Å²) in [5, 5.41) is 2.45. The van der Waals surface area contributed by atoms with Crippen molar-refractivity contribution in [2.45, 2.75) is 19.6 Å². The Morgan fingerprint density at radius 2 is 2.12 bits per heavy atom. The van der Waals surface area contributed by atoms with Crippen LogP contribution in [0.4, 0.5) is 23.7 Å². The highest BCUT2D eigenvalue weighted by Gasteiger charge is 2.35. The van der Waals surface area contributed by atoms with Crippen molar-refractivity contribution in [2.75, 3.05) is 11.9 Å². The molecule has 17 heavy (non-hydrogen) atoms. The van der Waals surface area contributed by atoms with Crippen molar-refractivity contribution in [1.82, 2.24) is 4.90 Å². The molecular formula is C11H11F3N2O. The molecule has 3 nitrogen and oxygen atoms in total. The molecule has 1 aromatic carbocycles. The fraction of sp³-hybridized carbons (Fsp3) is 0.364. The second-order valence-corrected chi connectivity index (χ2v) is 4.06. The van der Waals surface area contributed by atoms with Crippen molar-refractivity contribution in [3.8, 4) is 0 Å². The third kappa shape index (κ3) is 2.69. The van der Waals surface area contributed by atoms with Crippen LogP contribution in [0.25, 0.3) is 0 Å². The number of alkyl halides is 3. The first kappa shape index (κ1) is 11.8. The van der Waals surface area contributed by atoms with E-state index >= 15 is 0 Å². The van der Waals surface area contributed by atoms with Gasteiger partial charge in [-0.15, -0.1) is 0 Å². The van der Waals surface area contributed by atoms with E-state index in [0.717, 1.165) is 10.5 Å². The van der Waals surface area contributed by atoms with Gasteiger partial charge >= 0.3 is 12.2 Å². The molecule has 0 radical (unpaired) electrons. The van der Waals surface area contributed by atoms with E-state index in [2.05, 4.69) is 5.32 Å². The molecule has 1 aliphatic rings. The number of anilines is 1. The van der Waals surface area contributed by atoms with Crippen molar-refractivity contribution in [3.05, 3.63) is 29.3 Å². The van der Waals surface area contributed by atoms with E-state index in [4.69, 9.17) is 0 Å². The predicted molar refractivity (Wildman–Crippen MR) is 56.7 cm³/mol. The van der Waals surface area contributed by atoms with Gasteiger partial charge in [0, 0.05) is 12.2 Å². The number of rotatable bonds is 1. The van der Waals surface area contributed by atoms with Crippen LogP contribution in [-0.4, -0.2) is 23.7 Å². The van der Waals surface area contributed by atoms with Gasteiger partial charge in [0.25, 0.3) is 0 Å². The maximum atomic E-state index is 12.2. The van der Waals surface area contributed by atoms with Gasteiger partial charge < -0.3 is 10.2 Å². The summed E-state index contributed by atoms with van der Waals surface area (Å²) in [6.07, 6.45) is -4.38. The molecule has 6 heteroatoms. The number of amides is 2. The third-order valence-corrected chi connectivity index (χ3v) is 2.52.